The van der Waals surface area contributed by atoms with Gasteiger partial charge in [-0.15, -0.1) is 0 Å². The molecule has 0 atom stereocenters. The van der Waals surface area contributed by atoms with Gasteiger partial charge in [0.2, 0.25) is 0 Å². The fraction of sp³-hybridized carbons (Fsp3) is 0.0714. The van der Waals surface area contributed by atoms with Crippen molar-refractivity contribution < 1.29 is 4.79 Å². The van der Waals surface area contributed by atoms with Gasteiger partial charge in [-0.1, -0.05) is 53.0 Å². The molecule has 0 saturated carbocycles. The summed E-state index contributed by atoms with van der Waals surface area (Å²) < 4.78 is 0. The smallest absolute Gasteiger partial charge is 0.253 e. The lowest BCUT2D eigenvalue weighted by Gasteiger charge is -2.07. The highest BCUT2D eigenvalue weighted by Gasteiger charge is 2.11. The molecule has 2 aromatic carbocycles. The molecule has 19 heavy (non-hydrogen) atoms. The summed E-state index contributed by atoms with van der Waals surface area (Å²) in [6.07, 6.45) is 0. The molecule has 0 bridgehead atoms. The Morgan fingerprint density at radius 2 is 1.68 bits per heavy atom. The van der Waals surface area contributed by atoms with E-state index in [1.807, 2.05) is 12.1 Å². The van der Waals surface area contributed by atoms with Gasteiger partial charge in [-0.05, 0) is 29.8 Å². The lowest BCUT2D eigenvalue weighted by Crippen LogP contribution is -2.23. The first-order valence-corrected chi connectivity index (χ1v) is 6.68. The molecule has 0 unspecified atom stereocenters. The highest BCUT2D eigenvalue weighted by Crippen LogP contribution is 2.25. The van der Waals surface area contributed by atoms with Crippen LogP contribution in [-0.4, -0.2) is 5.91 Å². The number of carbonyl (C=O) groups excluding carboxylic acids is 1. The molecule has 5 heteroatoms. The Kier molecular flexibility index (Phi) is 4.70. The molecule has 0 radical (unpaired) electrons. The summed E-state index contributed by atoms with van der Waals surface area (Å²) in [5.74, 6) is -0.262. The molecule has 2 aromatic rings. The van der Waals surface area contributed by atoms with Gasteiger partial charge < -0.3 is 5.32 Å². The van der Waals surface area contributed by atoms with Gasteiger partial charge in [-0.3, -0.25) is 4.79 Å². The third-order valence-corrected chi connectivity index (χ3v) is 3.63. The highest BCUT2D eigenvalue weighted by atomic mass is 35.5. The Labute approximate surface area is 126 Å². The van der Waals surface area contributed by atoms with Gasteiger partial charge in [0.05, 0.1) is 15.6 Å². The molecule has 0 aliphatic heterocycles. The van der Waals surface area contributed by atoms with Crippen LogP contribution in [0, 0.1) is 0 Å². The van der Waals surface area contributed by atoms with E-state index < -0.39 is 0 Å². The minimum absolute atomic E-state index is 0.262. The second-order valence-electron chi connectivity index (χ2n) is 3.91. The molecule has 0 heterocycles. The third-order valence-electron chi connectivity index (χ3n) is 2.56. The molecular weight excluding hydrogens is 305 g/mol. The van der Waals surface area contributed by atoms with Crippen molar-refractivity contribution in [3.63, 3.8) is 0 Å². The van der Waals surface area contributed by atoms with Crippen LogP contribution in [0.4, 0.5) is 0 Å². The van der Waals surface area contributed by atoms with Crippen molar-refractivity contribution in [1.82, 2.24) is 5.32 Å². The number of hydrogen-bond donors (Lipinski definition) is 1. The molecule has 0 aliphatic rings. The van der Waals surface area contributed by atoms with Crippen LogP contribution in [0.1, 0.15) is 15.9 Å². The van der Waals surface area contributed by atoms with E-state index in [1.165, 1.54) is 0 Å². The summed E-state index contributed by atoms with van der Waals surface area (Å²) in [7, 11) is 0. The molecule has 0 spiro atoms. The van der Waals surface area contributed by atoms with Crippen molar-refractivity contribution in [3.8, 4) is 0 Å². The van der Waals surface area contributed by atoms with E-state index >= 15 is 0 Å². The molecule has 2 rings (SSSR count). The molecule has 0 fully saturated rings. The fourth-order valence-corrected chi connectivity index (χ4v) is 2.07. The summed E-state index contributed by atoms with van der Waals surface area (Å²) in [4.78, 5) is 12.0. The summed E-state index contributed by atoms with van der Waals surface area (Å²) in [5, 5.41) is 4.06. The highest BCUT2D eigenvalue weighted by molar-refractivity contribution is 6.43. The number of benzene rings is 2. The molecule has 0 saturated heterocycles. The second-order valence-corrected chi connectivity index (χ2v) is 5.13. The second kappa shape index (κ2) is 6.29. The average molecular weight is 315 g/mol. The zero-order chi connectivity index (χ0) is 13.8. The van der Waals surface area contributed by atoms with Crippen molar-refractivity contribution >= 4 is 40.7 Å². The number of amides is 1. The van der Waals surface area contributed by atoms with Gasteiger partial charge in [0, 0.05) is 11.6 Å². The predicted molar refractivity (Wildman–Crippen MR) is 79.1 cm³/mol. The lowest BCUT2D eigenvalue weighted by molar-refractivity contribution is 0.0951. The number of nitrogens with one attached hydrogen (secondary N) is 1. The number of halogens is 3. The number of carbonyl (C=O) groups is 1. The van der Waals surface area contributed by atoms with E-state index in [0.29, 0.717) is 22.2 Å². The van der Waals surface area contributed by atoms with Crippen LogP contribution in [-0.2, 0) is 6.54 Å². The van der Waals surface area contributed by atoms with E-state index in [0.717, 1.165) is 5.56 Å². The van der Waals surface area contributed by atoms with Crippen LogP contribution < -0.4 is 5.32 Å². The van der Waals surface area contributed by atoms with Crippen molar-refractivity contribution in [1.29, 1.82) is 0 Å². The van der Waals surface area contributed by atoms with Gasteiger partial charge in [0.25, 0.3) is 5.91 Å². The minimum atomic E-state index is -0.262. The topological polar surface area (TPSA) is 29.1 Å². The number of hydrogen-bond acceptors (Lipinski definition) is 1. The maximum absolute atomic E-state index is 12.0. The molecule has 1 N–H and O–H groups in total. The molecule has 2 nitrogen and oxygen atoms in total. The van der Waals surface area contributed by atoms with Crippen LogP contribution in [0.5, 0.6) is 0 Å². The Morgan fingerprint density at radius 3 is 2.37 bits per heavy atom. The SMILES string of the molecule is O=C(NCc1ccc(Cl)cc1)c1cccc(Cl)c1Cl. The van der Waals surface area contributed by atoms with Gasteiger partial charge in [0.1, 0.15) is 0 Å². The Balaban J connectivity index is 2.05. The maximum Gasteiger partial charge on any atom is 0.253 e. The van der Waals surface area contributed by atoms with Crippen LogP contribution in [0.25, 0.3) is 0 Å². The predicted octanol–water partition coefficient (Wildman–Crippen LogP) is 4.58. The van der Waals surface area contributed by atoms with E-state index in [9.17, 15) is 4.79 Å². The van der Waals surface area contributed by atoms with Crippen LogP contribution >= 0.6 is 34.8 Å². The van der Waals surface area contributed by atoms with Crippen molar-refractivity contribution in [2.45, 2.75) is 6.54 Å². The largest absolute Gasteiger partial charge is 0.348 e. The van der Waals surface area contributed by atoms with E-state index in [1.54, 1.807) is 30.3 Å². The molecule has 0 aliphatic carbocycles. The molecule has 98 valence electrons. The number of rotatable bonds is 3. The van der Waals surface area contributed by atoms with Gasteiger partial charge in [-0.2, -0.15) is 0 Å². The summed E-state index contributed by atoms with van der Waals surface area (Å²) >= 11 is 17.6. The summed E-state index contributed by atoms with van der Waals surface area (Å²) in [5.41, 5.74) is 1.32. The van der Waals surface area contributed by atoms with Gasteiger partial charge >= 0.3 is 0 Å². The minimum Gasteiger partial charge on any atom is -0.348 e. The summed E-state index contributed by atoms with van der Waals surface area (Å²) in [6, 6.07) is 12.2. The molecule has 1 amide bonds. The van der Waals surface area contributed by atoms with E-state index in [-0.39, 0.29) is 10.9 Å². The van der Waals surface area contributed by atoms with Gasteiger partial charge in [0.15, 0.2) is 0 Å². The quantitative estimate of drug-likeness (QED) is 0.883. The standard InChI is InChI=1S/C14H10Cl3NO/c15-10-6-4-9(5-7-10)8-18-14(19)11-2-1-3-12(16)13(11)17/h1-7H,8H2,(H,18,19). The Hall–Kier alpha value is -1.22. The third kappa shape index (κ3) is 3.63. The van der Waals surface area contributed by atoms with Crippen molar-refractivity contribution in [3.05, 3.63) is 68.7 Å². The summed E-state index contributed by atoms with van der Waals surface area (Å²) in [6.45, 7) is 0.402. The van der Waals surface area contributed by atoms with Crippen molar-refractivity contribution in [2.24, 2.45) is 0 Å². The normalized spacial score (nSPS) is 10.3. The van der Waals surface area contributed by atoms with Crippen LogP contribution in [0.15, 0.2) is 42.5 Å². The van der Waals surface area contributed by atoms with Crippen LogP contribution in [0.2, 0.25) is 15.1 Å². The Bertz CT molecular complexity index is 596. The Morgan fingerprint density at radius 1 is 1.00 bits per heavy atom. The lowest BCUT2D eigenvalue weighted by atomic mass is 10.2. The zero-order valence-corrected chi connectivity index (χ0v) is 12.1. The fourth-order valence-electron chi connectivity index (χ4n) is 1.56. The van der Waals surface area contributed by atoms with E-state index in [2.05, 4.69) is 5.32 Å². The van der Waals surface area contributed by atoms with E-state index in [4.69, 9.17) is 34.8 Å². The molecule has 0 aromatic heterocycles. The van der Waals surface area contributed by atoms with Crippen LogP contribution in [0.3, 0.4) is 0 Å². The molecular formula is C14H10Cl3NO. The van der Waals surface area contributed by atoms with Crippen molar-refractivity contribution in [2.75, 3.05) is 0 Å². The first kappa shape index (κ1) is 14.2. The van der Waals surface area contributed by atoms with Gasteiger partial charge in [-0.25, -0.2) is 0 Å². The first-order chi connectivity index (χ1) is 9.08. The first-order valence-electron chi connectivity index (χ1n) is 5.54. The monoisotopic (exact) mass is 313 g/mol. The zero-order valence-electron chi connectivity index (χ0n) is 9.79. The maximum atomic E-state index is 12.0. The average Bonchev–Trinajstić information content (AvgIpc) is 2.41.